The summed E-state index contributed by atoms with van der Waals surface area (Å²) in [5.74, 6) is -1.14. The predicted octanol–water partition coefficient (Wildman–Crippen LogP) is 1.83. The molecule has 6 heteroatoms. The summed E-state index contributed by atoms with van der Waals surface area (Å²) in [6, 6.07) is 4.92. The van der Waals surface area contributed by atoms with Crippen LogP contribution in [-0.4, -0.2) is 25.8 Å². The van der Waals surface area contributed by atoms with E-state index in [4.69, 9.17) is 16.7 Å². The van der Waals surface area contributed by atoms with Crippen molar-refractivity contribution in [2.24, 2.45) is 7.05 Å². The molecule has 82 valence electrons. The maximum absolute atomic E-state index is 10.9. The molecular weight excluding hydrogens is 230 g/mol. The Kier molecular flexibility index (Phi) is 2.62. The fourth-order valence-corrected chi connectivity index (χ4v) is 1.55. The predicted molar refractivity (Wildman–Crippen MR) is 58.4 cm³/mol. The van der Waals surface area contributed by atoms with Crippen LogP contribution in [-0.2, 0) is 7.05 Å². The van der Waals surface area contributed by atoms with Gasteiger partial charge in [0.15, 0.2) is 5.69 Å². The van der Waals surface area contributed by atoms with Crippen LogP contribution in [0, 0.1) is 0 Å². The lowest BCUT2D eigenvalue weighted by Crippen LogP contribution is -2.03. The van der Waals surface area contributed by atoms with Gasteiger partial charge in [-0.05, 0) is 18.2 Å². The lowest BCUT2D eigenvalue weighted by molar-refractivity contribution is 0.0691. The Morgan fingerprint density at radius 3 is 2.75 bits per heavy atom. The SMILES string of the molecule is Cn1nccc1-c1ccc(Cl)c(C(=O)O)n1. The Bertz CT molecular complexity index is 551. The number of carboxylic acid groups (broad SMARTS) is 1. The van der Waals surface area contributed by atoms with E-state index < -0.39 is 5.97 Å². The van der Waals surface area contributed by atoms with Crippen molar-refractivity contribution in [1.82, 2.24) is 14.8 Å². The van der Waals surface area contributed by atoms with E-state index in [1.165, 1.54) is 6.07 Å². The van der Waals surface area contributed by atoms with E-state index in [0.29, 0.717) is 5.69 Å². The molecule has 0 saturated heterocycles. The van der Waals surface area contributed by atoms with E-state index in [1.54, 1.807) is 30.1 Å². The minimum Gasteiger partial charge on any atom is -0.476 e. The number of aromatic carboxylic acids is 1. The van der Waals surface area contributed by atoms with E-state index in [9.17, 15) is 4.79 Å². The number of rotatable bonds is 2. The summed E-state index contributed by atoms with van der Waals surface area (Å²) in [7, 11) is 1.76. The van der Waals surface area contributed by atoms with Gasteiger partial charge in [-0.3, -0.25) is 4.68 Å². The largest absolute Gasteiger partial charge is 0.476 e. The molecule has 0 bridgehead atoms. The van der Waals surface area contributed by atoms with Crippen molar-refractivity contribution in [2.75, 3.05) is 0 Å². The van der Waals surface area contributed by atoms with Gasteiger partial charge < -0.3 is 5.11 Å². The maximum atomic E-state index is 10.9. The number of hydrogen-bond acceptors (Lipinski definition) is 3. The van der Waals surface area contributed by atoms with Crippen LogP contribution < -0.4 is 0 Å². The van der Waals surface area contributed by atoms with Crippen LogP contribution in [0.3, 0.4) is 0 Å². The Morgan fingerprint density at radius 2 is 2.19 bits per heavy atom. The second-order valence-electron chi connectivity index (χ2n) is 3.17. The second-order valence-corrected chi connectivity index (χ2v) is 3.58. The number of nitrogens with zero attached hydrogens (tertiary/aromatic N) is 3. The molecule has 0 saturated carbocycles. The average molecular weight is 238 g/mol. The lowest BCUT2D eigenvalue weighted by Gasteiger charge is -2.03. The molecule has 1 N–H and O–H groups in total. The van der Waals surface area contributed by atoms with Gasteiger partial charge in [-0.2, -0.15) is 5.10 Å². The first-order valence-corrected chi connectivity index (χ1v) is 4.85. The van der Waals surface area contributed by atoms with Gasteiger partial charge in [-0.1, -0.05) is 11.6 Å². The highest BCUT2D eigenvalue weighted by Crippen LogP contribution is 2.21. The Labute approximate surface area is 96.3 Å². The van der Waals surface area contributed by atoms with E-state index in [-0.39, 0.29) is 10.7 Å². The van der Waals surface area contributed by atoms with Gasteiger partial charge in [-0.25, -0.2) is 9.78 Å². The van der Waals surface area contributed by atoms with Crippen molar-refractivity contribution >= 4 is 17.6 Å². The van der Waals surface area contributed by atoms with E-state index in [2.05, 4.69) is 10.1 Å². The smallest absolute Gasteiger partial charge is 0.356 e. The topological polar surface area (TPSA) is 68.0 Å². The third-order valence-electron chi connectivity index (χ3n) is 2.13. The number of carboxylic acids is 1. The molecule has 16 heavy (non-hydrogen) atoms. The van der Waals surface area contributed by atoms with Gasteiger partial charge in [-0.15, -0.1) is 0 Å². The van der Waals surface area contributed by atoms with Gasteiger partial charge in [0, 0.05) is 13.2 Å². The summed E-state index contributed by atoms with van der Waals surface area (Å²) in [6.07, 6.45) is 1.62. The van der Waals surface area contributed by atoms with Crippen LogP contribution in [0.2, 0.25) is 5.02 Å². The fraction of sp³-hybridized carbons (Fsp3) is 0.100. The highest BCUT2D eigenvalue weighted by atomic mass is 35.5. The Balaban J connectivity index is 2.56. The molecule has 2 aromatic heterocycles. The molecule has 2 heterocycles. The van der Waals surface area contributed by atoms with Gasteiger partial charge >= 0.3 is 5.97 Å². The molecule has 2 aromatic rings. The molecule has 2 rings (SSSR count). The Morgan fingerprint density at radius 1 is 1.44 bits per heavy atom. The average Bonchev–Trinajstić information content (AvgIpc) is 2.65. The zero-order valence-corrected chi connectivity index (χ0v) is 9.14. The number of aryl methyl sites for hydroxylation is 1. The minimum atomic E-state index is -1.14. The van der Waals surface area contributed by atoms with Crippen molar-refractivity contribution in [3.05, 3.63) is 35.1 Å². The second kappa shape index (κ2) is 3.94. The monoisotopic (exact) mass is 237 g/mol. The quantitative estimate of drug-likeness (QED) is 0.865. The minimum absolute atomic E-state index is 0.124. The van der Waals surface area contributed by atoms with Crippen LogP contribution in [0.4, 0.5) is 0 Å². The third-order valence-corrected chi connectivity index (χ3v) is 2.44. The van der Waals surface area contributed by atoms with Gasteiger partial charge in [0.1, 0.15) is 0 Å². The van der Waals surface area contributed by atoms with Crippen molar-refractivity contribution in [2.45, 2.75) is 0 Å². The first-order chi connectivity index (χ1) is 7.59. The zero-order valence-electron chi connectivity index (χ0n) is 8.38. The van der Waals surface area contributed by atoms with Crippen LogP contribution >= 0.6 is 11.6 Å². The molecule has 5 nitrogen and oxygen atoms in total. The molecule has 0 aliphatic carbocycles. The number of halogens is 1. The summed E-state index contributed by atoms with van der Waals surface area (Å²) in [6.45, 7) is 0. The molecular formula is C10H8ClN3O2. The number of carbonyl (C=O) groups is 1. The van der Waals surface area contributed by atoms with E-state index in [1.807, 2.05) is 0 Å². The lowest BCUT2D eigenvalue weighted by atomic mass is 10.2. The summed E-state index contributed by atoms with van der Waals surface area (Å²) in [5, 5.41) is 13.0. The van der Waals surface area contributed by atoms with Gasteiger partial charge in [0.25, 0.3) is 0 Å². The molecule has 0 aliphatic rings. The summed E-state index contributed by atoms with van der Waals surface area (Å²) in [5.41, 5.74) is 1.11. The number of hydrogen-bond donors (Lipinski definition) is 1. The first kappa shape index (κ1) is 10.6. The van der Waals surface area contributed by atoms with Crippen LogP contribution in [0.1, 0.15) is 10.5 Å². The highest BCUT2D eigenvalue weighted by Gasteiger charge is 2.13. The normalized spacial score (nSPS) is 10.4. The summed E-state index contributed by atoms with van der Waals surface area (Å²) >= 11 is 5.73. The van der Waals surface area contributed by atoms with E-state index in [0.717, 1.165) is 5.69 Å². The molecule has 0 fully saturated rings. The number of pyridine rings is 1. The first-order valence-electron chi connectivity index (χ1n) is 4.48. The zero-order chi connectivity index (χ0) is 11.7. The van der Waals surface area contributed by atoms with Crippen LogP contribution in [0.5, 0.6) is 0 Å². The summed E-state index contributed by atoms with van der Waals surface area (Å²) in [4.78, 5) is 14.8. The third kappa shape index (κ3) is 1.77. The summed E-state index contributed by atoms with van der Waals surface area (Å²) < 4.78 is 1.61. The fourth-order valence-electron chi connectivity index (χ4n) is 1.36. The highest BCUT2D eigenvalue weighted by molar-refractivity contribution is 6.33. The number of aromatic nitrogens is 3. The maximum Gasteiger partial charge on any atom is 0.356 e. The molecule has 0 aromatic carbocycles. The molecule has 0 radical (unpaired) electrons. The van der Waals surface area contributed by atoms with Crippen molar-refractivity contribution < 1.29 is 9.90 Å². The van der Waals surface area contributed by atoms with Crippen LogP contribution in [0.25, 0.3) is 11.4 Å². The van der Waals surface area contributed by atoms with Crippen molar-refractivity contribution in [1.29, 1.82) is 0 Å². The van der Waals surface area contributed by atoms with Crippen molar-refractivity contribution in [3.8, 4) is 11.4 Å². The molecule has 0 amide bonds. The van der Waals surface area contributed by atoms with Gasteiger partial charge in [0.05, 0.1) is 16.4 Å². The Hall–Kier alpha value is -1.88. The molecule has 0 spiro atoms. The molecule has 0 unspecified atom stereocenters. The molecule has 0 aliphatic heterocycles. The standard InChI is InChI=1S/C10H8ClN3O2/c1-14-8(4-5-12-14)7-3-2-6(11)9(13-7)10(15)16/h2-5H,1H3,(H,15,16). The van der Waals surface area contributed by atoms with Crippen LogP contribution in [0.15, 0.2) is 24.4 Å². The van der Waals surface area contributed by atoms with E-state index >= 15 is 0 Å². The molecule has 0 atom stereocenters. The van der Waals surface area contributed by atoms with Crippen molar-refractivity contribution in [3.63, 3.8) is 0 Å². The van der Waals surface area contributed by atoms with Gasteiger partial charge in [0.2, 0.25) is 0 Å².